The van der Waals surface area contributed by atoms with Crippen molar-refractivity contribution >= 4 is 17.9 Å². The van der Waals surface area contributed by atoms with E-state index in [1.54, 1.807) is 0 Å². The smallest absolute Gasteiger partial charge is 0.306 e. The predicted molar refractivity (Wildman–Crippen MR) is 297 cm³/mol. The van der Waals surface area contributed by atoms with Crippen LogP contribution in [0, 0.1) is 0 Å². The normalized spacial score (nSPS) is 13.6. The largest absolute Gasteiger partial charge is 0.545 e. The number of carboxylic acids is 1. The molecule has 0 saturated carbocycles. The second-order valence-electron chi connectivity index (χ2n) is 19.5. The van der Waals surface area contributed by atoms with E-state index in [4.69, 9.17) is 18.9 Å². The highest BCUT2D eigenvalue weighted by Gasteiger charge is 2.21. The second-order valence-corrected chi connectivity index (χ2v) is 19.5. The van der Waals surface area contributed by atoms with Crippen LogP contribution in [0.4, 0.5) is 0 Å². The zero-order valence-corrected chi connectivity index (χ0v) is 45.8. The second kappa shape index (κ2) is 52.3. The van der Waals surface area contributed by atoms with Gasteiger partial charge in [0.1, 0.15) is 13.2 Å². The summed E-state index contributed by atoms with van der Waals surface area (Å²) in [4.78, 5) is 37.2. The van der Waals surface area contributed by atoms with Gasteiger partial charge in [-0.3, -0.25) is 9.59 Å². The highest BCUT2D eigenvalue weighted by atomic mass is 16.7. The number of hydrogen-bond acceptors (Lipinski definition) is 8. The Morgan fingerprint density at radius 1 is 0.437 bits per heavy atom. The molecule has 0 amide bonds. The molecule has 0 fully saturated rings. The van der Waals surface area contributed by atoms with Gasteiger partial charge in [0.15, 0.2) is 12.4 Å². The maximum absolute atomic E-state index is 12.8. The van der Waals surface area contributed by atoms with Gasteiger partial charge in [0.25, 0.3) is 0 Å². The SMILES string of the molecule is CC/C=C\C/C=C\C/C=C\C/C=C\C/C=C\C/C=C\CCC(=O)OC(COC(=O)CCCCCCCCCCCCCC/C=C\C/C=C\C/C=C\CCCCCCC)COC(OCC[N+](C)(C)C)C(=O)[O-]. The minimum absolute atomic E-state index is 0.116. The van der Waals surface area contributed by atoms with Crippen molar-refractivity contribution in [2.45, 2.75) is 219 Å². The fourth-order valence-corrected chi connectivity index (χ4v) is 7.22. The van der Waals surface area contributed by atoms with E-state index in [-0.39, 0.29) is 38.6 Å². The summed E-state index contributed by atoms with van der Waals surface area (Å²) >= 11 is 0. The number of esters is 2. The summed E-state index contributed by atoms with van der Waals surface area (Å²) in [6, 6.07) is 0. The first-order chi connectivity index (χ1) is 34.6. The number of likely N-dealkylation sites (N-methyl/N-ethyl adjacent to an activating group) is 1. The Balaban J connectivity index is 4.35. The third-order valence-electron chi connectivity index (χ3n) is 11.5. The van der Waals surface area contributed by atoms with E-state index in [0.29, 0.717) is 17.4 Å². The molecule has 0 bridgehead atoms. The van der Waals surface area contributed by atoms with Gasteiger partial charge in [-0.15, -0.1) is 0 Å². The Kier molecular flexibility index (Phi) is 49.3. The van der Waals surface area contributed by atoms with Gasteiger partial charge >= 0.3 is 11.9 Å². The summed E-state index contributed by atoms with van der Waals surface area (Å²) in [6.45, 7) is 4.52. The molecule has 0 heterocycles. The standard InChI is InChI=1S/C62H103NO8/c1-6-8-10-12-14-16-18-20-22-24-26-27-28-29-30-31-32-33-35-36-38-40-42-44-46-48-50-52-59(64)69-56-58(57-70-62(61(66)67)68-55-54-63(3,4)5)71-60(65)53-51-49-47-45-43-41-39-37-34-25-23-21-19-17-15-13-11-9-7-2/h9,11,15,17-18,20-21,23-24,26,28-29,34,37,41,43,47,49,58,62H,6-8,10,12-14,16,19,22,25,27,30-33,35-36,38-40,42,44-46,48,50-57H2,1-5H3/b11-9-,17-15-,20-18-,23-21-,26-24-,29-28-,37-34-,43-41-,49-47-. The van der Waals surface area contributed by atoms with Gasteiger partial charge in [-0.25, -0.2) is 0 Å². The Morgan fingerprint density at radius 3 is 1.25 bits per heavy atom. The third-order valence-corrected chi connectivity index (χ3v) is 11.5. The number of hydrogen-bond donors (Lipinski definition) is 0. The van der Waals surface area contributed by atoms with Crippen molar-refractivity contribution in [3.8, 4) is 0 Å². The quantitative estimate of drug-likeness (QED) is 0.0195. The van der Waals surface area contributed by atoms with Gasteiger partial charge < -0.3 is 33.3 Å². The van der Waals surface area contributed by atoms with Crippen LogP contribution in [0.1, 0.15) is 206 Å². The first-order valence-corrected chi connectivity index (χ1v) is 28.0. The molecule has 9 nitrogen and oxygen atoms in total. The topological polar surface area (TPSA) is 111 Å². The molecule has 0 N–H and O–H groups in total. The highest BCUT2D eigenvalue weighted by molar-refractivity contribution is 5.70. The summed E-state index contributed by atoms with van der Waals surface area (Å²) in [5, 5.41) is 11.8. The van der Waals surface area contributed by atoms with Crippen molar-refractivity contribution in [1.29, 1.82) is 0 Å². The summed E-state index contributed by atoms with van der Waals surface area (Å²) in [6.07, 6.45) is 68.7. The first kappa shape index (κ1) is 67.0. The number of carbonyl (C=O) groups excluding carboxylic acids is 3. The lowest BCUT2D eigenvalue weighted by molar-refractivity contribution is -0.870. The zero-order valence-electron chi connectivity index (χ0n) is 45.8. The van der Waals surface area contributed by atoms with Crippen LogP contribution in [0.15, 0.2) is 109 Å². The number of unbranched alkanes of at least 4 members (excludes halogenated alkanes) is 17. The number of ether oxygens (including phenoxy) is 4. The van der Waals surface area contributed by atoms with E-state index < -0.39 is 24.3 Å². The summed E-state index contributed by atoms with van der Waals surface area (Å²) < 4.78 is 22.6. The van der Waals surface area contributed by atoms with Crippen LogP contribution in [-0.2, 0) is 33.3 Å². The van der Waals surface area contributed by atoms with Crippen LogP contribution in [0.5, 0.6) is 0 Å². The van der Waals surface area contributed by atoms with Crippen LogP contribution in [0.2, 0.25) is 0 Å². The molecule has 2 atom stereocenters. The molecule has 0 spiro atoms. The fraction of sp³-hybridized carbons (Fsp3) is 0.661. The molecule has 0 aromatic carbocycles. The molecule has 0 aliphatic rings. The molecule has 71 heavy (non-hydrogen) atoms. The van der Waals surface area contributed by atoms with Gasteiger partial charge in [-0.1, -0.05) is 213 Å². The van der Waals surface area contributed by atoms with Crippen molar-refractivity contribution in [3.05, 3.63) is 109 Å². The molecule has 0 aliphatic carbocycles. The molecule has 0 radical (unpaired) electrons. The van der Waals surface area contributed by atoms with Crippen LogP contribution >= 0.6 is 0 Å². The molecular weight excluding hydrogens is 887 g/mol. The predicted octanol–water partition coefficient (Wildman–Crippen LogP) is 15.0. The molecule has 0 rings (SSSR count). The van der Waals surface area contributed by atoms with Gasteiger partial charge in [-0.2, -0.15) is 0 Å². The summed E-state index contributed by atoms with van der Waals surface area (Å²) in [5.41, 5.74) is 0. The maximum Gasteiger partial charge on any atom is 0.306 e. The number of carboxylic acid groups (broad SMARTS) is 1. The first-order valence-electron chi connectivity index (χ1n) is 28.0. The number of nitrogens with zero attached hydrogens (tertiary/aromatic N) is 1. The van der Waals surface area contributed by atoms with E-state index in [2.05, 4.69) is 111 Å². The van der Waals surface area contributed by atoms with Crippen molar-refractivity contribution in [1.82, 2.24) is 0 Å². The molecule has 2 unspecified atom stereocenters. The van der Waals surface area contributed by atoms with Crippen molar-refractivity contribution in [2.75, 3.05) is 47.5 Å². The lowest BCUT2D eigenvalue weighted by Crippen LogP contribution is -2.44. The molecular formula is C62H103NO8. The Hall–Kier alpha value is -4.05. The van der Waals surface area contributed by atoms with Gasteiger partial charge in [-0.05, 0) is 89.9 Å². The lowest BCUT2D eigenvalue weighted by Gasteiger charge is -2.26. The maximum atomic E-state index is 12.8. The number of allylic oxidation sites excluding steroid dienone is 18. The van der Waals surface area contributed by atoms with E-state index in [9.17, 15) is 19.5 Å². The number of quaternary nitrogens is 1. The van der Waals surface area contributed by atoms with Crippen molar-refractivity contribution < 1.29 is 42.9 Å². The minimum Gasteiger partial charge on any atom is -0.545 e. The lowest BCUT2D eigenvalue weighted by atomic mass is 10.0. The van der Waals surface area contributed by atoms with E-state index in [0.717, 1.165) is 77.0 Å². The number of carbonyl (C=O) groups is 3. The van der Waals surface area contributed by atoms with Crippen LogP contribution in [0.25, 0.3) is 0 Å². The third kappa shape index (κ3) is 53.6. The average molecular weight is 991 g/mol. The molecule has 0 aromatic rings. The molecule has 0 saturated heterocycles. The monoisotopic (exact) mass is 990 g/mol. The number of rotatable bonds is 50. The van der Waals surface area contributed by atoms with Crippen LogP contribution in [0.3, 0.4) is 0 Å². The Bertz CT molecular complexity index is 1530. The molecule has 0 aliphatic heterocycles. The van der Waals surface area contributed by atoms with E-state index in [1.807, 2.05) is 33.3 Å². The van der Waals surface area contributed by atoms with Crippen LogP contribution < -0.4 is 5.11 Å². The van der Waals surface area contributed by atoms with Gasteiger partial charge in [0.2, 0.25) is 0 Å². The fourth-order valence-electron chi connectivity index (χ4n) is 7.22. The Labute approximate surface area is 434 Å². The molecule has 9 heteroatoms. The van der Waals surface area contributed by atoms with Crippen LogP contribution in [-0.4, -0.2) is 82.3 Å². The average Bonchev–Trinajstić information content (AvgIpc) is 3.34. The summed E-state index contributed by atoms with van der Waals surface area (Å²) in [5.74, 6) is -2.41. The van der Waals surface area contributed by atoms with E-state index >= 15 is 0 Å². The minimum atomic E-state index is -1.65. The number of aliphatic carboxylic acids is 1. The van der Waals surface area contributed by atoms with Crippen molar-refractivity contribution in [2.24, 2.45) is 0 Å². The molecule has 404 valence electrons. The van der Waals surface area contributed by atoms with E-state index in [1.165, 1.54) is 96.3 Å². The molecule has 0 aromatic heterocycles. The summed E-state index contributed by atoms with van der Waals surface area (Å²) in [7, 11) is 5.89. The Morgan fingerprint density at radius 2 is 0.831 bits per heavy atom. The zero-order chi connectivity index (χ0) is 52.0. The van der Waals surface area contributed by atoms with Gasteiger partial charge in [0.05, 0.1) is 40.3 Å². The van der Waals surface area contributed by atoms with Gasteiger partial charge in [0, 0.05) is 12.8 Å². The highest BCUT2D eigenvalue weighted by Crippen LogP contribution is 2.14. The van der Waals surface area contributed by atoms with Crippen molar-refractivity contribution in [3.63, 3.8) is 0 Å².